The number of hydrogen-bond acceptors (Lipinski definition) is 5. The number of fused-ring (bicyclic) bond motifs is 1. The molecule has 3 aromatic rings. The minimum Gasteiger partial charge on any atom is -0.487 e. The van der Waals surface area contributed by atoms with Crippen LogP contribution in [0.4, 0.5) is 0 Å². The molecule has 0 spiro atoms. The van der Waals surface area contributed by atoms with Crippen molar-refractivity contribution in [3.63, 3.8) is 0 Å². The number of thiophene rings is 1. The molecule has 0 aliphatic carbocycles. The van der Waals surface area contributed by atoms with Crippen molar-refractivity contribution in [3.05, 3.63) is 36.3 Å². The third kappa shape index (κ3) is 1.93. The van der Waals surface area contributed by atoms with Crippen LogP contribution in [0.2, 0.25) is 0 Å². The quantitative estimate of drug-likeness (QED) is 0.792. The molecule has 19 heavy (non-hydrogen) atoms. The molecule has 0 fully saturated rings. The normalized spacial score (nSPS) is 10.8. The average molecular weight is 275 g/mol. The Hall–Kier alpha value is -2.41. The van der Waals surface area contributed by atoms with Gasteiger partial charge < -0.3 is 9.84 Å². The molecule has 0 radical (unpaired) electrons. The standard InChI is InChI=1S/C12H9N3O3S/c1-18-10-5-3-8(19-10)7-2-4-9-13-14-11(12(16)17)15(9)6-7/h2-6H,1H3,(H,16,17). The van der Waals surface area contributed by atoms with E-state index in [0.717, 1.165) is 15.5 Å². The summed E-state index contributed by atoms with van der Waals surface area (Å²) in [6.07, 6.45) is 1.71. The molecule has 0 amide bonds. The van der Waals surface area contributed by atoms with E-state index in [1.54, 1.807) is 19.4 Å². The number of carboxylic acids is 1. The Labute approximate surface area is 111 Å². The van der Waals surface area contributed by atoms with E-state index in [2.05, 4.69) is 10.2 Å². The SMILES string of the molecule is COc1ccc(-c2ccc3nnc(C(=O)O)n3c2)s1. The topological polar surface area (TPSA) is 76.7 Å². The Morgan fingerprint density at radius 2 is 2.16 bits per heavy atom. The Kier molecular flexibility index (Phi) is 2.68. The minimum atomic E-state index is -1.10. The molecule has 6 nitrogen and oxygen atoms in total. The maximum Gasteiger partial charge on any atom is 0.374 e. The van der Waals surface area contributed by atoms with Crippen LogP contribution in [0.5, 0.6) is 5.06 Å². The van der Waals surface area contributed by atoms with Crippen LogP contribution in [0.15, 0.2) is 30.5 Å². The number of hydrogen-bond donors (Lipinski definition) is 1. The number of ether oxygens (including phenoxy) is 1. The van der Waals surface area contributed by atoms with E-state index < -0.39 is 5.97 Å². The Bertz CT molecular complexity index is 763. The molecule has 96 valence electrons. The van der Waals surface area contributed by atoms with Crippen LogP contribution in [0.3, 0.4) is 0 Å². The van der Waals surface area contributed by atoms with E-state index in [1.165, 1.54) is 15.7 Å². The lowest BCUT2D eigenvalue weighted by Crippen LogP contribution is -2.03. The van der Waals surface area contributed by atoms with Gasteiger partial charge in [0.15, 0.2) is 10.7 Å². The number of carboxylic acid groups (broad SMARTS) is 1. The van der Waals surface area contributed by atoms with Gasteiger partial charge in [0.2, 0.25) is 5.82 Å². The predicted molar refractivity (Wildman–Crippen MR) is 69.8 cm³/mol. The molecule has 0 aliphatic heterocycles. The molecular weight excluding hydrogens is 266 g/mol. The summed E-state index contributed by atoms with van der Waals surface area (Å²) in [6.45, 7) is 0. The fourth-order valence-electron chi connectivity index (χ4n) is 1.77. The van der Waals surface area contributed by atoms with Crippen molar-refractivity contribution in [1.82, 2.24) is 14.6 Å². The monoisotopic (exact) mass is 275 g/mol. The van der Waals surface area contributed by atoms with Gasteiger partial charge in [0.25, 0.3) is 0 Å². The van der Waals surface area contributed by atoms with Crippen LogP contribution in [-0.4, -0.2) is 32.8 Å². The highest BCUT2D eigenvalue weighted by Crippen LogP contribution is 2.32. The van der Waals surface area contributed by atoms with E-state index in [4.69, 9.17) is 9.84 Å². The molecular formula is C12H9N3O3S. The van der Waals surface area contributed by atoms with E-state index in [9.17, 15) is 4.79 Å². The van der Waals surface area contributed by atoms with Gasteiger partial charge in [0.1, 0.15) is 0 Å². The van der Waals surface area contributed by atoms with Crippen molar-refractivity contribution in [1.29, 1.82) is 0 Å². The van der Waals surface area contributed by atoms with E-state index in [1.807, 2.05) is 18.2 Å². The number of rotatable bonds is 3. The van der Waals surface area contributed by atoms with Crippen LogP contribution in [0.25, 0.3) is 16.1 Å². The second-order valence-electron chi connectivity index (χ2n) is 3.80. The first-order valence-corrected chi connectivity index (χ1v) is 6.23. The lowest BCUT2D eigenvalue weighted by atomic mass is 10.2. The molecule has 0 unspecified atom stereocenters. The summed E-state index contributed by atoms with van der Waals surface area (Å²) >= 11 is 1.49. The summed E-state index contributed by atoms with van der Waals surface area (Å²) in [7, 11) is 1.61. The molecule has 3 aromatic heterocycles. The molecule has 0 saturated heterocycles. The highest BCUT2D eigenvalue weighted by molar-refractivity contribution is 7.17. The molecule has 0 atom stereocenters. The van der Waals surface area contributed by atoms with Crippen molar-refractivity contribution in [2.75, 3.05) is 7.11 Å². The summed E-state index contributed by atoms with van der Waals surface area (Å²) < 4.78 is 6.61. The van der Waals surface area contributed by atoms with Gasteiger partial charge in [-0.05, 0) is 24.3 Å². The van der Waals surface area contributed by atoms with Crippen LogP contribution in [-0.2, 0) is 0 Å². The van der Waals surface area contributed by atoms with Gasteiger partial charge in [0.05, 0.1) is 7.11 Å². The largest absolute Gasteiger partial charge is 0.487 e. The zero-order valence-corrected chi connectivity index (χ0v) is 10.7. The Morgan fingerprint density at radius 1 is 1.32 bits per heavy atom. The highest BCUT2D eigenvalue weighted by Gasteiger charge is 2.13. The number of aromatic carboxylic acids is 1. The summed E-state index contributed by atoms with van der Waals surface area (Å²) in [5, 5.41) is 17.3. The maximum atomic E-state index is 11.0. The third-order valence-electron chi connectivity index (χ3n) is 2.66. The van der Waals surface area contributed by atoms with Crippen LogP contribution >= 0.6 is 11.3 Å². The summed E-state index contributed by atoms with van der Waals surface area (Å²) in [5.74, 6) is -1.20. The van der Waals surface area contributed by atoms with E-state index in [-0.39, 0.29) is 5.82 Å². The van der Waals surface area contributed by atoms with Gasteiger partial charge in [-0.1, -0.05) is 11.3 Å². The van der Waals surface area contributed by atoms with Gasteiger partial charge >= 0.3 is 5.97 Å². The van der Waals surface area contributed by atoms with Crippen molar-refractivity contribution in [2.24, 2.45) is 0 Å². The smallest absolute Gasteiger partial charge is 0.374 e. The second-order valence-corrected chi connectivity index (χ2v) is 4.84. The van der Waals surface area contributed by atoms with Crippen LogP contribution in [0.1, 0.15) is 10.6 Å². The number of methoxy groups -OCH3 is 1. The van der Waals surface area contributed by atoms with Crippen LogP contribution in [0, 0.1) is 0 Å². The van der Waals surface area contributed by atoms with Gasteiger partial charge in [-0.25, -0.2) is 4.79 Å². The van der Waals surface area contributed by atoms with Gasteiger partial charge in [-0.2, -0.15) is 0 Å². The van der Waals surface area contributed by atoms with E-state index in [0.29, 0.717) is 5.65 Å². The average Bonchev–Trinajstić information content (AvgIpc) is 3.04. The van der Waals surface area contributed by atoms with Crippen molar-refractivity contribution >= 4 is 23.0 Å². The zero-order chi connectivity index (χ0) is 13.4. The van der Waals surface area contributed by atoms with Gasteiger partial charge in [0, 0.05) is 16.6 Å². The number of aromatic nitrogens is 3. The van der Waals surface area contributed by atoms with Crippen molar-refractivity contribution in [2.45, 2.75) is 0 Å². The van der Waals surface area contributed by atoms with Gasteiger partial charge in [-0.15, -0.1) is 10.2 Å². The minimum absolute atomic E-state index is 0.0969. The van der Waals surface area contributed by atoms with E-state index >= 15 is 0 Å². The fourth-order valence-corrected chi connectivity index (χ4v) is 2.58. The highest BCUT2D eigenvalue weighted by atomic mass is 32.1. The molecule has 0 bridgehead atoms. The second kappa shape index (κ2) is 4.36. The van der Waals surface area contributed by atoms with Crippen LogP contribution < -0.4 is 4.74 Å². The summed E-state index contributed by atoms with van der Waals surface area (Å²) in [4.78, 5) is 12.0. The lowest BCUT2D eigenvalue weighted by molar-refractivity contribution is 0.0682. The third-order valence-corrected chi connectivity index (χ3v) is 3.76. The first-order valence-electron chi connectivity index (χ1n) is 5.41. The number of nitrogens with zero attached hydrogens (tertiary/aromatic N) is 3. The van der Waals surface area contributed by atoms with Crippen molar-refractivity contribution in [3.8, 4) is 15.5 Å². The van der Waals surface area contributed by atoms with Gasteiger partial charge in [-0.3, -0.25) is 4.40 Å². The molecule has 3 heterocycles. The fraction of sp³-hybridized carbons (Fsp3) is 0.0833. The lowest BCUT2D eigenvalue weighted by Gasteiger charge is -2.00. The molecule has 0 saturated carbocycles. The molecule has 3 rings (SSSR count). The zero-order valence-electron chi connectivity index (χ0n) is 9.90. The molecule has 0 aliphatic rings. The number of pyridine rings is 1. The molecule has 1 N–H and O–H groups in total. The summed E-state index contributed by atoms with van der Waals surface area (Å²) in [6, 6.07) is 7.41. The maximum absolute atomic E-state index is 11.0. The Balaban J connectivity index is 2.14. The van der Waals surface area contributed by atoms with Crippen molar-refractivity contribution < 1.29 is 14.6 Å². The predicted octanol–water partition coefficient (Wildman–Crippen LogP) is 2.16. The molecule has 7 heteroatoms. The first kappa shape index (κ1) is 11.7. The number of carbonyl (C=O) groups is 1. The first-order chi connectivity index (χ1) is 9.19. The molecule has 0 aromatic carbocycles. The Morgan fingerprint density at radius 3 is 2.84 bits per heavy atom. The summed E-state index contributed by atoms with van der Waals surface area (Å²) in [5.41, 5.74) is 1.40.